The summed E-state index contributed by atoms with van der Waals surface area (Å²) < 4.78 is 0. The molecule has 1 N–H and O–H groups in total. The van der Waals surface area contributed by atoms with Gasteiger partial charge in [0.15, 0.2) is 7.28 Å². The highest BCUT2D eigenvalue weighted by Gasteiger charge is 2.41. The molecule has 0 unspecified atom stereocenters. The Morgan fingerprint density at radius 1 is 0.520 bits per heavy atom. The molecule has 0 saturated carbocycles. The van der Waals surface area contributed by atoms with Crippen LogP contribution in [0.5, 0.6) is 0 Å². The van der Waals surface area contributed by atoms with Crippen molar-refractivity contribution in [3.8, 4) is 22.3 Å². The molecule has 0 bridgehead atoms. The van der Waals surface area contributed by atoms with Crippen molar-refractivity contribution in [3.05, 3.63) is 175 Å². The van der Waals surface area contributed by atoms with Crippen molar-refractivity contribution < 1.29 is 0 Å². The van der Waals surface area contributed by atoms with Gasteiger partial charge in [0.25, 0.3) is 0 Å². The van der Waals surface area contributed by atoms with Gasteiger partial charge in [0.05, 0.1) is 5.69 Å². The summed E-state index contributed by atoms with van der Waals surface area (Å²) in [6.07, 6.45) is 0. The normalized spacial score (nSPS) is 13.7. The summed E-state index contributed by atoms with van der Waals surface area (Å²) >= 11 is 0. The highest BCUT2D eigenvalue weighted by Crippen LogP contribution is 2.53. The summed E-state index contributed by atoms with van der Waals surface area (Å²) in [7, 11) is 2.43. The zero-order chi connectivity index (χ0) is 33.4. The number of fused-ring (bicyclic) bond motifs is 7. The number of hydrogen-bond donors (Lipinski definition) is 1. The van der Waals surface area contributed by atoms with Crippen LogP contribution in [0.3, 0.4) is 0 Å². The minimum absolute atomic E-state index is 0.122. The molecule has 235 valence electrons. The fourth-order valence-corrected chi connectivity index (χ4v) is 8.34. The smallest absolute Gasteiger partial charge is 0.197 e. The number of benzene rings is 8. The predicted octanol–water partition coefficient (Wildman–Crippen LogP) is 11.1. The number of nitrogens with zero attached hydrogens (tertiary/aromatic N) is 1. The number of hydrogen-bond acceptors (Lipinski definition) is 2. The molecule has 0 amide bonds. The number of rotatable bonds is 4. The van der Waals surface area contributed by atoms with E-state index in [-0.39, 0.29) is 5.41 Å². The molecule has 3 heteroatoms. The van der Waals surface area contributed by atoms with Crippen LogP contribution in [0.2, 0.25) is 0 Å². The van der Waals surface area contributed by atoms with Gasteiger partial charge < -0.3 is 10.2 Å². The number of nitrogens with one attached hydrogen (secondary N) is 1. The minimum Gasteiger partial charge on any atom is -0.355 e. The maximum absolute atomic E-state index is 3.86. The third-order valence-electron chi connectivity index (χ3n) is 10.8. The Bertz CT molecular complexity index is 2620. The zero-order valence-corrected chi connectivity index (χ0v) is 28.1. The average Bonchev–Trinajstić information content (AvgIpc) is 3.16. The molecular formula is C47H34BN2. The van der Waals surface area contributed by atoms with Crippen LogP contribution in [0.25, 0.3) is 43.8 Å². The Kier molecular flexibility index (Phi) is 6.35. The summed E-state index contributed by atoms with van der Waals surface area (Å²) in [6.45, 7) is 4.73. The largest absolute Gasteiger partial charge is 0.355 e. The quantitative estimate of drug-likeness (QED) is 0.193. The molecule has 2 heterocycles. The summed E-state index contributed by atoms with van der Waals surface area (Å²) in [5.74, 6) is 0. The Balaban J connectivity index is 1.21. The maximum atomic E-state index is 3.86. The van der Waals surface area contributed by atoms with Gasteiger partial charge >= 0.3 is 0 Å². The summed E-state index contributed by atoms with van der Waals surface area (Å²) in [4.78, 5) is 2.56. The zero-order valence-electron chi connectivity index (χ0n) is 28.1. The van der Waals surface area contributed by atoms with Gasteiger partial charge in [-0.1, -0.05) is 147 Å². The molecule has 0 aromatic heterocycles. The topological polar surface area (TPSA) is 15.3 Å². The van der Waals surface area contributed by atoms with Crippen molar-refractivity contribution in [3.63, 3.8) is 0 Å². The van der Waals surface area contributed by atoms with Crippen LogP contribution in [-0.4, -0.2) is 7.28 Å². The van der Waals surface area contributed by atoms with Gasteiger partial charge in [-0.15, -0.1) is 0 Å². The van der Waals surface area contributed by atoms with E-state index in [1.165, 1.54) is 82.9 Å². The van der Waals surface area contributed by atoms with Crippen LogP contribution in [-0.2, 0) is 5.41 Å². The Morgan fingerprint density at radius 2 is 1.16 bits per heavy atom. The van der Waals surface area contributed by atoms with Gasteiger partial charge in [-0.05, 0) is 85.8 Å². The molecule has 50 heavy (non-hydrogen) atoms. The first-order valence-electron chi connectivity index (χ1n) is 17.4. The molecule has 2 aliphatic rings. The lowest BCUT2D eigenvalue weighted by Crippen LogP contribution is -2.45. The maximum Gasteiger partial charge on any atom is 0.197 e. The van der Waals surface area contributed by atoms with Crippen molar-refractivity contribution in [2.75, 3.05) is 10.2 Å². The molecule has 8 aromatic rings. The molecule has 0 spiro atoms. The van der Waals surface area contributed by atoms with Crippen molar-refractivity contribution in [2.24, 2.45) is 0 Å². The third-order valence-corrected chi connectivity index (χ3v) is 10.8. The van der Waals surface area contributed by atoms with Crippen LogP contribution in [0.15, 0.2) is 164 Å². The van der Waals surface area contributed by atoms with Gasteiger partial charge in [-0.3, -0.25) is 0 Å². The highest BCUT2D eigenvalue weighted by molar-refractivity contribution is 6.74. The van der Waals surface area contributed by atoms with Crippen LogP contribution < -0.4 is 21.1 Å². The van der Waals surface area contributed by atoms with Crippen molar-refractivity contribution in [1.82, 2.24) is 0 Å². The lowest BCUT2D eigenvalue weighted by Gasteiger charge is -2.46. The van der Waals surface area contributed by atoms with E-state index in [0.717, 1.165) is 11.4 Å². The van der Waals surface area contributed by atoms with E-state index >= 15 is 0 Å². The fourth-order valence-electron chi connectivity index (χ4n) is 8.34. The predicted molar refractivity (Wildman–Crippen MR) is 214 cm³/mol. The second-order valence-corrected chi connectivity index (χ2v) is 14.1. The molecule has 0 aliphatic carbocycles. The van der Waals surface area contributed by atoms with Crippen molar-refractivity contribution in [2.45, 2.75) is 19.3 Å². The summed E-state index contributed by atoms with van der Waals surface area (Å²) in [6, 6.07) is 59.8. The Morgan fingerprint density at radius 3 is 1.98 bits per heavy atom. The Labute approximate surface area is 293 Å². The van der Waals surface area contributed by atoms with Crippen molar-refractivity contribution in [1.29, 1.82) is 0 Å². The van der Waals surface area contributed by atoms with Gasteiger partial charge in [-0.25, -0.2) is 0 Å². The first kappa shape index (κ1) is 28.9. The molecule has 1 radical (unpaired) electrons. The van der Waals surface area contributed by atoms with Gasteiger partial charge in [0, 0.05) is 39.1 Å². The van der Waals surface area contributed by atoms with E-state index in [9.17, 15) is 0 Å². The van der Waals surface area contributed by atoms with Crippen LogP contribution >= 0.6 is 0 Å². The number of para-hydroxylation sites is 2. The second kappa shape index (κ2) is 11.0. The monoisotopic (exact) mass is 637 g/mol. The second-order valence-electron chi connectivity index (χ2n) is 14.1. The van der Waals surface area contributed by atoms with Crippen molar-refractivity contribution >= 4 is 68.2 Å². The van der Waals surface area contributed by atoms with Gasteiger partial charge in [0.2, 0.25) is 0 Å². The van der Waals surface area contributed by atoms with E-state index in [0.29, 0.717) is 0 Å². The van der Waals surface area contributed by atoms with Crippen LogP contribution in [0.4, 0.5) is 28.4 Å². The summed E-state index contributed by atoms with van der Waals surface area (Å²) in [5.41, 5.74) is 15.8. The number of anilines is 5. The highest BCUT2D eigenvalue weighted by atomic mass is 15.2. The molecule has 0 fully saturated rings. The average molecular weight is 638 g/mol. The van der Waals surface area contributed by atoms with Crippen LogP contribution in [0.1, 0.15) is 25.0 Å². The fraction of sp³-hybridized carbons (Fsp3) is 0.0638. The summed E-state index contributed by atoms with van der Waals surface area (Å²) in [5, 5.41) is 8.77. The molecular weight excluding hydrogens is 603 g/mol. The van der Waals surface area contributed by atoms with E-state index in [4.69, 9.17) is 0 Å². The Hall–Kier alpha value is -6.06. The van der Waals surface area contributed by atoms with E-state index in [1.807, 2.05) is 0 Å². The standard InChI is InChI=1S/C47H34BN2/c1-47(2)39-19-10-11-22-43(39)50-45-36-18-9-8-17-34(36)28-38(44(45)48-41-21-12-20-40(47)46(41)50)37-27-32-15-6-7-16-33(32)29-42(37)49-35-25-23-31(24-26-35)30-13-4-3-5-14-30/h3-29,49H,1-2H3. The molecule has 8 aromatic carbocycles. The van der Waals surface area contributed by atoms with E-state index < -0.39 is 0 Å². The van der Waals surface area contributed by atoms with Crippen LogP contribution in [0, 0.1) is 0 Å². The first-order chi connectivity index (χ1) is 24.5. The van der Waals surface area contributed by atoms with Gasteiger partial charge in [0.1, 0.15) is 0 Å². The lowest BCUT2D eigenvalue weighted by atomic mass is 9.55. The minimum atomic E-state index is -0.122. The van der Waals surface area contributed by atoms with E-state index in [2.05, 4.69) is 195 Å². The molecule has 0 atom stereocenters. The molecule has 0 saturated heterocycles. The van der Waals surface area contributed by atoms with E-state index in [1.54, 1.807) is 0 Å². The first-order valence-corrected chi connectivity index (χ1v) is 17.4. The molecule has 2 aliphatic heterocycles. The van der Waals surface area contributed by atoms with Gasteiger partial charge in [-0.2, -0.15) is 0 Å². The molecule has 10 rings (SSSR count). The SMILES string of the molecule is CC1(C)c2ccccc2N2c3c(cccc31)[B]c1c(-c3cc4ccccc4cc3Nc3ccc(-c4ccccc4)cc3)cc3ccccc3c12. The molecule has 2 nitrogen and oxygen atoms in total. The lowest BCUT2D eigenvalue weighted by molar-refractivity contribution is 0.632. The third kappa shape index (κ3) is 4.36.